The van der Waals surface area contributed by atoms with Crippen molar-refractivity contribution in [2.75, 3.05) is 13.2 Å². The number of ketones is 1. The topological polar surface area (TPSA) is 101 Å². The van der Waals surface area contributed by atoms with Gasteiger partial charge in [0, 0.05) is 12.0 Å². The van der Waals surface area contributed by atoms with E-state index in [1.807, 2.05) is 30.3 Å². The first-order chi connectivity index (χ1) is 14.0. The molecule has 0 bridgehead atoms. The third kappa shape index (κ3) is 5.49. The molecule has 0 spiro atoms. The molecule has 0 saturated carbocycles. The molecule has 0 amide bonds. The van der Waals surface area contributed by atoms with E-state index in [4.69, 9.17) is 23.7 Å². The van der Waals surface area contributed by atoms with E-state index >= 15 is 0 Å². The second kappa shape index (κ2) is 10.1. The molecule has 6 atom stereocenters. The molecule has 8 heteroatoms. The van der Waals surface area contributed by atoms with Crippen LogP contribution in [0.1, 0.15) is 31.6 Å². The molecule has 2 heterocycles. The van der Waals surface area contributed by atoms with E-state index in [-0.39, 0.29) is 31.8 Å². The third-order valence-corrected chi connectivity index (χ3v) is 4.71. The molecule has 3 rings (SSSR count). The number of esters is 1. The van der Waals surface area contributed by atoms with Gasteiger partial charge in [0.15, 0.2) is 18.7 Å². The van der Waals surface area contributed by atoms with Crippen molar-refractivity contribution in [1.82, 2.24) is 0 Å². The molecule has 1 aromatic rings. The van der Waals surface area contributed by atoms with E-state index in [1.165, 1.54) is 13.0 Å². The highest BCUT2D eigenvalue weighted by Gasteiger charge is 2.51. The predicted octanol–water partition coefficient (Wildman–Crippen LogP) is 1.67. The Labute approximate surface area is 169 Å². The molecular formula is C21H26O8. The highest BCUT2D eigenvalue weighted by atomic mass is 16.8. The Hall–Kier alpha value is -2.10. The molecule has 0 radical (unpaired) electrons. The fraction of sp³-hybridized carbons (Fsp3) is 0.524. The largest absolute Gasteiger partial charge is 0.454 e. The smallest absolute Gasteiger partial charge is 0.306 e. The number of rotatable bonds is 8. The zero-order valence-corrected chi connectivity index (χ0v) is 16.3. The van der Waals surface area contributed by atoms with Crippen molar-refractivity contribution >= 4 is 11.8 Å². The van der Waals surface area contributed by atoms with Crippen LogP contribution in [0.25, 0.3) is 0 Å². The van der Waals surface area contributed by atoms with Crippen molar-refractivity contribution < 1.29 is 38.4 Å². The number of fused-ring (bicyclic) bond motifs is 1. The molecule has 1 aromatic carbocycles. The fourth-order valence-corrected chi connectivity index (χ4v) is 3.26. The Morgan fingerprint density at radius 1 is 1.24 bits per heavy atom. The predicted molar refractivity (Wildman–Crippen MR) is 101 cm³/mol. The van der Waals surface area contributed by atoms with Gasteiger partial charge >= 0.3 is 5.97 Å². The fourth-order valence-electron chi connectivity index (χ4n) is 3.26. The Morgan fingerprint density at radius 3 is 2.69 bits per heavy atom. The van der Waals surface area contributed by atoms with Crippen LogP contribution in [0, 0.1) is 0 Å². The number of carbonyl (C=O) groups is 2. The van der Waals surface area contributed by atoms with Crippen LogP contribution < -0.4 is 0 Å². The summed E-state index contributed by atoms with van der Waals surface area (Å²) in [7, 11) is 0. The Bertz CT molecular complexity index is 706. The summed E-state index contributed by atoms with van der Waals surface area (Å²) in [6.07, 6.45) is -3.85. The van der Waals surface area contributed by atoms with Crippen molar-refractivity contribution in [3.8, 4) is 0 Å². The van der Waals surface area contributed by atoms with Gasteiger partial charge in [-0.05, 0) is 6.92 Å². The quantitative estimate of drug-likeness (QED) is 0.514. The van der Waals surface area contributed by atoms with Gasteiger partial charge in [0.25, 0.3) is 0 Å². The van der Waals surface area contributed by atoms with Crippen molar-refractivity contribution in [2.45, 2.75) is 56.8 Å². The highest BCUT2D eigenvalue weighted by molar-refractivity contribution is 5.81. The Balaban J connectivity index is 1.71. The van der Waals surface area contributed by atoms with Gasteiger partial charge in [-0.1, -0.05) is 36.4 Å². The minimum Gasteiger partial charge on any atom is -0.454 e. The minimum atomic E-state index is -1.19. The van der Waals surface area contributed by atoms with Gasteiger partial charge in [-0.2, -0.15) is 0 Å². The van der Waals surface area contributed by atoms with E-state index in [1.54, 1.807) is 0 Å². The van der Waals surface area contributed by atoms with Gasteiger partial charge in [0.1, 0.15) is 24.1 Å². The molecule has 1 unspecified atom stereocenters. The molecule has 29 heavy (non-hydrogen) atoms. The van der Waals surface area contributed by atoms with Crippen LogP contribution in [0.5, 0.6) is 0 Å². The minimum absolute atomic E-state index is 0.0627. The lowest BCUT2D eigenvalue weighted by atomic mass is 9.97. The van der Waals surface area contributed by atoms with Crippen molar-refractivity contribution in [3.05, 3.63) is 48.6 Å². The van der Waals surface area contributed by atoms with Crippen molar-refractivity contribution in [3.63, 3.8) is 0 Å². The van der Waals surface area contributed by atoms with E-state index in [9.17, 15) is 14.7 Å². The van der Waals surface area contributed by atoms with Crippen molar-refractivity contribution in [2.24, 2.45) is 0 Å². The summed E-state index contributed by atoms with van der Waals surface area (Å²) in [5, 5.41) is 10.9. The monoisotopic (exact) mass is 406 g/mol. The molecular weight excluding hydrogens is 380 g/mol. The molecule has 2 fully saturated rings. The highest BCUT2D eigenvalue weighted by Crippen LogP contribution is 2.35. The third-order valence-electron chi connectivity index (χ3n) is 4.71. The molecule has 8 nitrogen and oxygen atoms in total. The first-order valence-corrected chi connectivity index (χ1v) is 9.56. The first-order valence-electron chi connectivity index (χ1n) is 9.56. The maximum Gasteiger partial charge on any atom is 0.306 e. The van der Waals surface area contributed by atoms with Crippen LogP contribution in [0.15, 0.2) is 43.0 Å². The molecule has 0 aromatic heterocycles. The first kappa shape index (κ1) is 21.6. The normalized spacial score (nSPS) is 31.5. The molecule has 2 saturated heterocycles. The molecule has 2 aliphatic rings. The van der Waals surface area contributed by atoms with Crippen LogP contribution in [-0.4, -0.2) is 60.8 Å². The Morgan fingerprint density at radius 2 is 2.00 bits per heavy atom. The SMILES string of the molecule is C=CCO[C@@H]1O[C@@H]2COC(c3ccccc3)O[C@@H]2[C@H](O)[C@H]1OC(=O)CCC(C)=O. The van der Waals surface area contributed by atoms with E-state index in [0.717, 1.165) is 5.56 Å². The van der Waals surface area contributed by atoms with Gasteiger partial charge in [-0.3, -0.25) is 4.79 Å². The number of hydrogen-bond donors (Lipinski definition) is 1. The molecule has 0 aliphatic carbocycles. The number of aliphatic hydroxyl groups is 1. The number of carbonyl (C=O) groups excluding carboxylic acids is 2. The van der Waals surface area contributed by atoms with E-state index < -0.39 is 43.0 Å². The maximum absolute atomic E-state index is 12.1. The van der Waals surface area contributed by atoms with E-state index in [2.05, 4.69) is 6.58 Å². The average Bonchev–Trinajstić information content (AvgIpc) is 2.73. The lowest BCUT2D eigenvalue weighted by Gasteiger charge is -2.47. The van der Waals surface area contributed by atoms with Gasteiger partial charge in [0.05, 0.1) is 19.6 Å². The van der Waals surface area contributed by atoms with Crippen LogP contribution in [-0.2, 0) is 33.3 Å². The van der Waals surface area contributed by atoms with Crippen LogP contribution in [0.2, 0.25) is 0 Å². The number of benzene rings is 1. The summed E-state index contributed by atoms with van der Waals surface area (Å²) < 4.78 is 28.5. The lowest BCUT2D eigenvalue weighted by molar-refractivity contribution is -0.360. The number of hydrogen-bond acceptors (Lipinski definition) is 8. The van der Waals surface area contributed by atoms with Gasteiger partial charge in [0.2, 0.25) is 0 Å². The van der Waals surface area contributed by atoms with Crippen LogP contribution in [0.3, 0.4) is 0 Å². The lowest BCUT2D eigenvalue weighted by Crippen LogP contribution is -2.63. The second-order valence-electron chi connectivity index (χ2n) is 6.99. The number of ether oxygens (including phenoxy) is 5. The Kier molecular flexibility index (Phi) is 7.51. The van der Waals surface area contributed by atoms with Crippen LogP contribution in [0.4, 0.5) is 0 Å². The average molecular weight is 406 g/mol. The molecule has 1 N–H and O–H groups in total. The number of aliphatic hydroxyl groups excluding tert-OH is 1. The zero-order chi connectivity index (χ0) is 20.8. The summed E-state index contributed by atoms with van der Waals surface area (Å²) in [6.45, 7) is 5.31. The number of Topliss-reactive ketones (excluding diaryl/α,β-unsaturated/α-hetero) is 1. The molecule has 2 aliphatic heterocycles. The van der Waals surface area contributed by atoms with Crippen molar-refractivity contribution in [1.29, 1.82) is 0 Å². The zero-order valence-electron chi connectivity index (χ0n) is 16.3. The van der Waals surface area contributed by atoms with Gasteiger partial charge in [-0.25, -0.2) is 0 Å². The summed E-state index contributed by atoms with van der Waals surface area (Å²) in [4.78, 5) is 23.3. The standard InChI is InChI=1S/C21H26O8/c1-3-11-25-21-19(28-16(23)10-9-13(2)22)17(24)18-15(27-21)12-26-20(29-18)14-7-5-4-6-8-14/h3-8,15,17-21,24H,1,9-12H2,2H3/t15-,17+,18+,19-,20?,21-/m1/s1. The van der Waals surface area contributed by atoms with E-state index in [0.29, 0.717) is 0 Å². The maximum atomic E-state index is 12.1. The molecule has 158 valence electrons. The van der Waals surface area contributed by atoms with Crippen LogP contribution >= 0.6 is 0 Å². The van der Waals surface area contributed by atoms with Gasteiger partial charge < -0.3 is 33.6 Å². The summed E-state index contributed by atoms with van der Waals surface area (Å²) >= 11 is 0. The summed E-state index contributed by atoms with van der Waals surface area (Å²) in [5.74, 6) is -0.745. The van der Waals surface area contributed by atoms with Gasteiger partial charge in [-0.15, -0.1) is 6.58 Å². The second-order valence-corrected chi connectivity index (χ2v) is 6.99. The summed E-state index contributed by atoms with van der Waals surface area (Å²) in [6, 6.07) is 9.32. The summed E-state index contributed by atoms with van der Waals surface area (Å²) in [5.41, 5.74) is 0.804.